The summed E-state index contributed by atoms with van der Waals surface area (Å²) in [6, 6.07) is 0. The van der Waals surface area contributed by atoms with Crippen molar-refractivity contribution in [2.75, 3.05) is 0 Å². The molecule has 0 aromatic carbocycles. The molecule has 2 saturated carbocycles. The summed E-state index contributed by atoms with van der Waals surface area (Å²) in [6.07, 6.45) is 17.5. The van der Waals surface area contributed by atoms with Gasteiger partial charge >= 0.3 is 0 Å². The molecule has 0 unspecified atom stereocenters. The van der Waals surface area contributed by atoms with Crippen LogP contribution in [0.5, 0.6) is 0 Å². The molecule has 0 aromatic rings. The summed E-state index contributed by atoms with van der Waals surface area (Å²) in [5.74, 6) is 3.08. The Morgan fingerprint density at radius 3 is 1.42 bits per heavy atom. The summed E-state index contributed by atoms with van der Waals surface area (Å²) in [7, 11) is 0. The number of allylic oxidation sites excluding steroid dienone is 1. The second kappa shape index (κ2) is 19.1. The highest BCUT2D eigenvalue weighted by Crippen LogP contribution is 2.29. The molecule has 146 valence electrons. The van der Waals surface area contributed by atoms with Gasteiger partial charge in [0, 0.05) is 0 Å². The van der Waals surface area contributed by atoms with E-state index >= 15 is 0 Å². The molecule has 2 aliphatic carbocycles. The van der Waals surface area contributed by atoms with E-state index in [2.05, 4.69) is 34.3 Å². The van der Waals surface area contributed by atoms with E-state index in [0.717, 1.165) is 24.2 Å². The molecule has 0 aromatic heterocycles. The molecule has 2 fully saturated rings. The van der Waals surface area contributed by atoms with Crippen molar-refractivity contribution in [1.82, 2.24) is 0 Å². The standard InChI is InChI=1S/C9H18.C8H16.C5H10.C2H6/c1-8(2)9-6-4-3-5-7-9;1-2-8-6-4-3-5-7-8;1-4-5(2)3;1-2/h8-9H,3-7H2,1-2H3;8H,2-7H2,1H3;2,4H2,1,3H3;1-2H3. The first-order valence-corrected chi connectivity index (χ1v) is 11.2. The van der Waals surface area contributed by atoms with Crippen molar-refractivity contribution < 1.29 is 0 Å². The molecule has 0 heteroatoms. The van der Waals surface area contributed by atoms with E-state index in [9.17, 15) is 0 Å². The molecule has 0 spiro atoms. The van der Waals surface area contributed by atoms with Crippen LogP contribution >= 0.6 is 0 Å². The van der Waals surface area contributed by atoms with Crippen molar-refractivity contribution in [3.8, 4) is 0 Å². The lowest BCUT2D eigenvalue weighted by Crippen LogP contribution is -2.12. The average Bonchev–Trinajstić information content (AvgIpc) is 2.65. The van der Waals surface area contributed by atoms with E-state index in [1.54, 1.807) is 0 Å². The van der Waals surface area contributed by atoms with Gasteiger partial charge < -0.3 is 0 Å². The van der Waals surface area contributed by atoms with E-state index in [1.807, 2.05) is 20.8 Å². The summed E-state index contributed by atoms with van der Waals surface area (Å²) in [5.41, 5.74) is 1.25. The van der Waals surface area contributed by atoms with Crippen LogP contribution in [0.15, 0.2) is 12.2 Å². The summed E-state index contributed by atoms with van der Waals surface area (Å²) in [5, 5.41) is 0. The molecule has 0 aliphatic heterocycles. The van der Waals surface area contributed by atoms with Crippen molar-refractivity contribution in [3.63, 3.8) is 0 Å². The molecule has 2 aliphatic rings. The SMILES string of the molecule is C=C(C)CC.CC.CC(C)C1CCCCC1.CCC1CCCCC1. The molecule has 0 atom stereocenters. The molecule has 0 bridgehead atoms. The molecule has 0 radical (unpaired) electrons. The predicted molar refractivity (Wildman–Crippen MR) is 115 cm³/mol. The third kappa shape index (κ3) is 16.6. The zero-order valence-electron chi connectivity index (χ0n) is 18.4. The smallest absolute Gasteiger partial charge is 0.0354 e. The largest absolute Gasteiger partial charge is 0.100 e. The van der Waals surface area contributed by atoms with Gasteiger partial charge in [-0.1, -0.05) is 118 Å². The second-order valence-corrected chi connectivity index (χ2v) is 7.87. The predicted octanol–water partition coefficient (Wildman–Crippen LogP) is 9.20. The van der Waals surface area contributed by atoms with Gasteiger partial charge in [0.2, 0.25) is 0 Å². The van der Waals surface area contributed by atoms with E-state index < -0.39 is 0 Å². The lowest BCUT2D eigenvalue weighted by molar-refractivity contribution is 0.279. The Labute approximate surface area is 155 Å². The molecule has 0 nitrogen and oxygen atoms in total. The Morgan fingerprint density at radius 2 is 1.21 bits per heavy atom. The first kappa shape index (κ1) is 26.0. The molecule has 0 N–H and O–H groups in total. The van der Waals surface area contributed by atoms with Crippen LogP contribution in [0, 0.1) is 17.8 Å². The first-order valence-electron chi connectivity index (χ1n) is 11.2. The molecule has 0 amide bonds. The van der Waals surface area contributed by atoms with Crippen LogP contribution in [0.25, 0.3) is 0 Å². The Kier molecular flexibility index (Phi) is 20.6. The zero-order valence-corrected chi connectivity index (χ0v) is 18.4. The fourth-order valence-electron chi connectivity index (χ4n) is 3.40. The Morgan fingerprint density at radius 1 is 0.833 bits per heavy atom. The second-order valence-electron chi connectivity index (χ2n) is 7.87. The van der Waals surface area contributed by atoms with Gasteiger partial charge in [0.05, 0.1) is 0 Å². The van der Waals surface area contributed by atoms with E-state index in [1.165, 1.54) is 76.2 Å². The third-order valence-electron chi connectivity index (χ3n) is 5.50. The van der Waals surface area contributed by atoms with Crippen molar-refractivity contribution in [2.24, 2.45) is 17.8 Å². The monoisotopic (exact) mass is 338 g/mol. The maximum absolute atomic E-state index is 3.67. The zero-order chi connectivity index (χ0) is 18.8. The lowest BCUT2D eigenvalue weighted by atomic mass is 9.82. The topological polar surface area (TPSA) is 0 Å². The highest BCUT2D eigenvalue weighted by atomic mass is 14.2. The van der Waals surface area contributed by atoms with Crippen molar-refractivity contribution >= 4 is 0 Å². The first-order chi connectivity index (χ1) is 11.5. The highest BCUT2D eigenvalue weighted by molar-refractivity contribution is 4.84. The fourth-order valence-corrected chi connectivity index (χ4v) is 3.40. The molecular weight excluding hydrogens is 288 g/mol. The minimum atomic E-state index is 0.935. The van der Waals surface area contributed by atoms with Crippen LogP contribution in [0.3, 0.4) is 0 Å². The lowest BCUT2D eigenvalue weighted by Gasteiger charge is -2.24. The summed E-state index contributed by atoms with van der Waals surface area (Å²) >= 11 is 0. The molecule has 2 rings (SSSR count). The highest BCUT2D eigenvalue weighted by Gasteiger charge is 2.15. The molecule has 0 saturated heterocycles. The van der Waals surface area contributed by atoms with Crippen LogP contribution in [0.2, 0.25) is 0 Å². The third-order valence-corrected chi connectivity index (χ3v) is 5.50. The number of hydrogen-bond acceptors (Lipinski definition) is 0. The quantitative estimate of drug-likeness (QED) is 0.450. The van der Waals surface area contributed by atoms with Gasteiger partial charge in [-0.2, -0.15) is 0 Å². The Bertz CT molecular complexity index is 239. The van der Waals surface area contributed by atoms with Crippen LogP contribution < -0.4 is 0 Å². The van der Waals surface area contributed by atoms with Crippen LogP contribution in [-0.2, 0) is 0 Å². The van der Waals surface area contributed by atoms with Crippen LogP contribution in [0.1, 0.15) is 126 Å². The summed E-state index contributed by atoms with van der Waals surface area (Å²) < 4.78 is 0. The van der Waals surface area contributed by atoms with Gasteiger partial charge in [-0.05, 0) is 31.1 Å². The van der Waals surface area contributed by atoms with Gasteiger partial charge in [-0.25, -0.2) is 0 Å². The van der Waals surface area contributed by atoms with Gasteiger partial charge in [0.1, 0.15) is 0 Å². The molecule has 24 heavy (non-hydrogen) atoms. The fraction of sp³-hybridized carbons (Fsp3) is 0.917. The summed E-state index contributed by atoms with van der Waals surface area (Å²) in [6.45, 7) is 18.8. The van der Waals surface area contributed by atoms with Gasteiger partial charge in [0.25, 0.3) is 0 Å². The van der Waals surface area contributed by atoms with E-state index in [0.29, 0.717) is 0 Å². The van der Waals surface area contributed by atoms with Gasteiger partial charge in [-0.15, -0.1) is 6.58 Å². The van der Waals surface area contributed by atoms with Gasteiger partial charge in [-0.3, -0.25) is 0 Å². The van der Waals surface area contributed by atoms with Crippen molar-refractivity contribution in [2.45, 2.75) is 126 Å². The van der Waals surface area contributed by atoms with Crippen molar-refractivity contribution in [1.29, 1.82) is 0 Å². The maximum atomic E-state index is 3.67. The minimum absolute atomic E-state index is 0.935. The number of rotatable bonds is 3. The van der Waals surface area contributed by atoms with Crippen LogP contribution in [-0.4, -0.2) is 0 Å². The van der Waals surface area contributed by atoms with Crippen molar-refractivity contribution in [3.05, 3.63) is 12.2 Å². The van der Waals surface area contributed by atoms with E-state index in [4.69, 9.17) is 0 Å². The Hall–Kier alpha value is -0.260. The molecule has 0 heterocycles. The minimum Gasteiger partial charge on any atom is -0.100 e. The van der Waals surface area contributed by atoms with Gasteiger partial charge in [0.15, 0.2) is 0 Å². The van der Waals surface area contributed by atoms with Crippen LogP contribution in [0.4, 0.5) is 0 Å². The molecular formula is C24H50. The Balaban J connectivity index is 0. The van der Waals surface area contributed by atoms with E-state index in [-0.39, 0.29) is 0 Å². The number of hydrogen-bond donors (Lipinski definition) is 0. The normalized spacial score (nSPS) is 18.3. The average molecular weight is 339 g/mol. The summed E-state index contributed by atoms with van der Waals surface area (Å²) in [4.78, 5) is 0. The maximum Gasteiger partial charge on any atom is -0.0354 e.